The fourth-order valence-corrected chi connectivity index (χ4v) is 3.34. The number of hydrogen-bond donors (Lipinski definition) is 2. The molecule has 0 spiro atoms. The van der Waals surface area contributed by atoms with E-state index in [1.807, 2.05) is 0 Å². The van der Waals surface area contributed by atoms with Gasteiger partial charge in [-0.25, -0.2) is 14.6 Å². The molecule has 0 bridgehead atoms. The number of aromatic nitrogens is 1. The summed E-state index contributed by atoms with van der Waals surface area (Å²) in [6, 6.07) is -1.16. The Morgan fingerprint density at radius 3 is 2.73 bits per heavy atom. The number of rotatable bonds is 6. The van der Waals surface area contributed by atoms with E-state index in [9.17, 15) is 19.2 Å². The van der Waals surface area contributed by atoms with E-state index in [0.717, 1.165) is 11.3 Å². The van der Waals surface area contributed by atoms with Crippen LogP contribution in [0.1, 0.15) is 26.0 Å². The molecule has 13 nitrogen and oxygen atoms in total. The molecule has 2 atom stereocenters. The van der Waals surface area contributed by atoms with Crippen LogP contribution in [0.5, 0.6) is 0 Å². The minimum absolute atomic E-state index is 0.0308. The molecule has 2 saturated heterocycles. The van der Waals surface area contributed by atoms with E-state index >= 15 is 0 Å². The molecule has 1 unspecified atom stereocenters. The van der Waals surface area contributed by atoms with Crippen LogP contribution >= 0.6 is 11.3 Å². The van der Waals surface area contributed by atoms with Gasteiger partial charge in [0.2, 0.25) is 6.10 Å². The zero-order chi connectivity index (χ0) is 22.1. The standard InChI is InChI=1S/C16H19N5O8S/c1-16(2)4-9(22)28-11(16)14(25)29-21-13(24)7(5-27-21)18-12(23)10(20-26-3)8-6-30-15(17)19-8/h6-7,11H,4-5H2,1-3H3,(H2,17,19)(H,18,23)/t7-,11?/m0/s1. The van der Waals surface area contributed by atoms with Crippen LogP contribution in [-0.2, 0) is 38.4 Å². The van der Waals surface area contributed by atoms with Gasteiger partial charge in [0.25, 0.3) is 5.91 Å². The number of nitrogens with zero attached hydrogens (tertiary/aromatic N) is 3. The molecule has 0 aliphatic carbocycles. The van der Waals surface area contributed by atoms with Crippen molar-refractivity contribution in [2.45, 2.75) is 32.4 Å². The molecule has 3 rings (SSSR count). The van der Waals surface area contributed by atoms with Crippen LogP contribution in [0.3, 0.4) is 0 Å². The highest BCUT2D eigenvalue weighted by Crippen LogP contribution is 2.35. The van der Waals surface area contributed by atoms with E-state index in [2.05, 4.69) is 20.3 Å². The molecule has 0 radical (unpaired) electrons. The van der Waals surface area contributed by atoms with Crippen molar-refractivity contribution >= 4 is 45.9 Å². The van der Waals surface area contributed by atoms with E-state index < -0.39 is 41.3 Å². The lowest BCUT2D eigenvalue weighted by atomic mass is 9.85. The second kappa shape index (κ2) is 8.23. The molecule has 1 aromatic rings. The minimum Gasteiger partial charge on any atom is -0.450 e. The zero-order valence-electron chi connectivity index (χ0n) is 16.2. The summed E-state index contributed by atoms with van der Waals surface area (Å²) in [5.74, 6) is -3.13. The Bertz CT molecular complexity index is 913. The summed E-state index contributed by atoms with van der Waals surface area (Å²) in [5.41, 5.74) is 4.72. The van der Waals surface area contributed by atoms with E-state index in [4.69, 9.17) is 20.1 Å². The third-order valence-electron chi connectivity index (χ3n) is 4.25. The van der Waals surface area contributed by atoms with Gasteiger partial charge >= 0.3 is 17.8 Å². The van der Waals surface area contributed by atoms with Crippen LogP contribution in [-0.4, -0.2) is 65.5 Å². The molecule has 30 heavy (non-hydrogen) atoms. The van der Waals surface area contributed by atoms with Gasteiger partial charge in [-0.2, -0.15) is 0 Å². The number of ether oxygens (including phenoxy) is 1. The Morgan fingerprint density at radius 2 is 2.17 bits per heavy atom. The molecule has 2 amide bonds. The first-order valence-electron chi connectivity index (χ1n) is 8.64. The monoisotopic (exact) mass is 441 g/mol. The van der Waals surface area contributed by atoms with E-state index in [-0.39, 0.29) is 29.6 Å². The third kappa shape index (κ3) is 4.33. The lowest BCUT2D eigenvalue weighted by Crippen LogP contribution is -2.46. The van der Waals surface area contributed by atoms with Crippen LogP contribution in [0.2, 0.25) is 0 Å². The number of amides is 2. The molecule has 14 heteroatoms. The van der Waals surface area contributed by atoms with E-state index in [0.29, 0.717) is 5.23 Å². The zero-order valence-corrected chi connectivity index (χ0v) is 17.1. The molecule has 0 aromatic carbocycles. The lowest BCUT2D eigenvalue weighted by molar-refractivity contribution is -0.307. The summed E-state index contributed by atoms with van der Waals surface area (Å²) >= 11 is 1.10. The molecule has 0 saturated carbocycles. The molecule has 1 aromatic heterocycles. The van der Waals surface area contributed by atoms with E-state index in [1.165, 1.54) is 12.5 Å². The van der Waals surface area contributed by atoms with Gasteiger partial charge in [-0.05, 0) is 5.23 Å². The maximum atomic E-state index is 12.5. The van der Waals surface area contributed by atoms with Gasteiger partial charge in [0, 0.05) is 10.8 Å². The number of hydrogen-bond acceptors (Lipinski definition) is 12. The SMILES string of the molecule is CON=C(C(=O)N[C@H]1CON(OC(=O)C2OC(=O)CC2(C)C)C1=O)c1csc(N)n1. The highest BCUT2D eigenvalue weighted by Gasteiger charge is 2.49. The summed E-state index contributed by atoms with van der Waals surface area (Å²) in [6.07, 6.45) is -1.16. The average molecular weight is 441 g/mol. The number of nitrogens with two attached hydrogens (primary N) is 1. The van der Waals surface area contributed by atoms with Gasteiger partial charge in [-0.1, -0.05) is 19.0 Å². The van der Waals surface area contributed by atoms with Crippen molar-refractivity contribution in [3.8, 4) is 0 Å². The smallest absolute Gasteiger partial charge is 0.376 e. The number of cyclic esters (lactones) is 1. The second-order valence-electron chi connectivity index (χ2n) is 7.06. The maximum Gasteiger partial charge on any atom is 0.376 e. The fraction of sp³-hybridized carbons (Fsp3) is 0.500. The van der Waals surface area contributed by atoms with Crippen molar-refractivity contribution in [3.05, 3.63) is 11.1 Å². The molecule has 2 fully saturated rings. The Kier molecular flexibility index (Phi) is 5.89. The predicted octanol–water partition coefficient (Wildman–Crippen LogP) is -0.866. The lowest BCUT2D eigenvalue weighted by Gasteiger charge is -2.23. The summed E-state index contributed by atoms with van der Waals surface area (Å²) < 4.78 is 4.96. The minimum atomic E-state index is -1.19. The first-order chi connectivity index (χ1) is 14.1. The van der Waals surface area contributed by atoms with E-state index in [1.54, 1.807) is 13.8 Å². The van der Waals surface area contributed by atoms with Gasteiger partial charge in [0.1, 0.15) is 25.5 Å². The predicted molar refractivity (Wildman–Crippen MR) is 99.2 cm³/mol. The molecule has 3 N–H and O–H groups in total. The normalized spacial score (nSPS) is 23.3. The quantitative estimate of drug-likeness (QED) is 0.321. The number of nitrogen functional groups attached to an aromatic ring is 1. The summed E-state index contributed by atoms with van der Waals surface area (Å²) in [4.78, 5) is 67.3. The number of anilines is 1. The van der Waals surface area contributed by atoms with Crippen molar-refractivity contribution in [1.82, 2.24) is 15.5 Å². The molecule has 2 aliphatic heterocycles. The first kappa shape index (κ1) is 21.4. The van der Waals surface area contributed by atoms with Crippen LogP contribution < -0.4 is 11.1 Å². The Balaban J connectivity index is 1.62. The average Bonchev–Trinajstić information content (AvgIpc) is 3.31. The fourth-order valence-electron chi connectivity index (χ4n) is 2.79. The third-order valence-corrected chi connectivity index (χ3v) is 4.92. The van der Waals surface area contributed by atoms with Crippen LogP contribution in [0.25, 0.3) is 0 Å². The Labute approximate surface area is 174 Å². The van der Waals surface area contributed by atoms with Crippen LogP contribution in [0.4, 0.5) is 5.13 Å². The number of thiazole rings is 1. The number of carbonyl (C=O) groups excluding carboxylic acids is 4. The highest BCUT2D eigenvalue weighted by molar-refractivity contribution is 7.13. The molecule has 162 valence electrons. The summed E-state index contributed by atoms with van der Waals surface area (Å²) in [7, 11) is 1.24. The van der Waals surface area contributed by atoms with Gasteiger partial charge in [-0.3, -0.25) is 14.4 Å². The number of nitrogens with one attached hydrogen (secondary N) is 1. The topological polar surface area (TPSA) is 172 Å². The van der Waals surface area contributed by atoms with Crippen molar-refractivity contribution in [1.29, 1.82) is 0 Å². The highest BCUT2D eigenvalue weighted by atomic mass is 32.1. The van der Waals surface area contributed by atoms with Crippen molar-refractivity contribution < 1.29 is 38.4 Å². The maximum absolute atomic E-state index is 12.5. The first-order valence-corrected chi connectivity index (χ1v) is 9.52. The van der Waals surface area contributed by atoms with Gasteiger partial charge < -0.3 is 25.5 Å². The number of hydroxylamine groups is 2. The second-order valence-corrected chi connectivity index (χ2v) is 7.95. The Morgan fingerprint density at radius 1 is 1.43 bits per heavy atom. The molecule has 3 heterocycles. The summed E-state index contributed by atoms with van der Waals surface area (Å²) in [6.45, 7) is 3.01. The number of esters is 1. The molecule has 2 aliphatic rings. The van der Waals surface area contributed by atoms with Crippen LogP contribution in [0, 0.1) is 5.41 Å². The van der Waals surface area contributed by atoms with Crippen molar-refractivity contribution in [2.24, 2.45) is 10.6 Å². The summed E-state index contributed by atoms with van der Waals surface area (Å²) in [5, 5.41) is 8.08. The van der Waals surface area contributed by atoms with Crippen molar-refractivity contribution in [3.63, 3.8) is 0 Å². The van der Waals surface area contributed by atoms with Gasteiger partial charge in [0.05, 0.1) is 6.42 Å². The van der Waals surface area contributed by atoms with Crippen molar-refractivity contribution in [2.75, 3.05) is 19.5 Å². The largest absolute Gasteiger partial charge is 0.450 e. The molecular weight excluding hydrogens is 422 g/mol. The number of carbonyl (C=O) groups is 4. The van der Waals surface area contributed by atoms with Crippen LogP contribution in [0.15, 0.2) is 10.5 Å². The Hall–Kier alpha value is -3.26. The molecular formula is C16H19N5O8S. The van der Waals surface area contributed by atoms with Gasteiger partial charge in [-0.15, -0.1) is 11.3 Å². The van der Waals surface area contributed by atoms with Gasteiger partial charge in [0.15, 0.2) is 10.8 Å². The number of oxime groups is 1.